The van der Waals surface area contributed by atoms with Gasteiger partial charge in [0.15, 0.2) is 0 Å². The molecule has 0 N–H and O–H groups in total. The van der Waals surface area contributed by atoms with Crippen LogP contribution in [0, 0.1) is 0 Å². The van der Waals surface area contributed by atoms with Gasteiger partial charge in [-0.1, -0.05) is 18.2 Å². The Hall–Kier alpha value is -1.64. The first-order valence-electron chi connectivity index (χ1n) is 4.78. The monoisotopic (exact) mass is 205 g/mol. The van der Waals surface area contributed by atoms with Crippen LogP contribution in [0.5, 0.6) is 5.75 Å². The summed E-state index contributed by atoms with van der Waals surface area (Å²) in [6, 6.07) is 9.22. The zero-order valence-corrected chi connectivity index (χ0v) is 8.70. The van der Waals surface area contributed by atoms with Crippen LogP contribution in [0.3, 0.4) is 0 Å². The lowest BCUT2D eigenvalue weighted by Crippen LogP contribution is -2.21. The van der Waals surface area contributed by atoms with E-state index in [1.54, 1.807) is 12.3 Å². The number of nitrogens with zero attached hydrogens (tertiary/aromatic N) is 1. The Bertz CT molecular complexity index is 471. The fraction of sp³-hybridized carbons (Fsp3) is 0.250. The Morgan fingerprint density at radius 1 is 1.20 bits per heavy atom. The van der Waals surface area contributed by atoms with Gasteiger partial charge in [0.1, 0.15) is 11.3 Å². The number of pyridine rings is 1. The minimum absolute atomic E-state index is 0.473. The lowest BCUT2D eigenvalue weighted by Gasteiger charge is -2.17. The molecule has 2 rings (SSSR count). The molecule has 0 radical (unpaired) electrons. The van der Waals surface area contributed by atoms with Gasteiger partial charge in [0.25, 0.3) is 0 Å². The van der Waals surface area contributed by atoms with Gasteiger partial charge in [-0.3, -0.25) is 4.98 Å². The maximum atomic E-state index is 13.4. The third-order valence-corrected chi connectivity index (χ3v) is 1.95. The van der Waals surface area contributed by atoms with Crippen LogP contribution in [0.4, 0.5) is 4.39 Å². The van der Waals surface area contributed by atoms with Crippen LogP contribution in [0.25, 0.3) is 10.9 Å². The van der Waals surface area contributed by atoms with E-state index in [2.05, 4.69) is 4.98 Å². The molecular weight excluding hydrogens is 193 g/mol. The molecule has 0 aliphatic carbocycles. The molecule has 0 saturated heterocycles. The average Bonchev–Trinajstić information content (AvgIpc) is 2.16. The van der Waals surface area contributed by atoms with Crippen LogP contribution in [0.2, 0.25) is 0 Å². The summed E-state index contributed by atoms with van der Waals surface area (Å²) in [5, 5.41) is 0.944. The van der Waals surface area contributed by atoms with E-state index in [0.717, 1.165) is 5.39 Å². The van der Waals surface area contributed by atoms with Crippen molar-refractivity contribution in [1.29, 1.82) is 0 Å². The number of fused-ring (bicyclic) bond motifs is 1. The normalized spacial score (nSPS) is 11.7. The molecule has 1 heterocycles. The highest BCUT2D eigenvalue weighted by atomic mass is 19.2. The fourth-order valence-corrected chi connectivity index (χ4v) is 1.42. The first-order chi connectivity index (χ1) is 7.06. The predicted molar refractivity (Wildman–Crippen MR) is 57.6 cm³/mol. The van der Waals surface area contributed by atoms with Gasteiger partial charge >= 0.3 is 0 Å². The van der Waals surface area contributed by atoms with Crippen molar-refractivity contribution >= 4 is 10.9 Å². The van der Waals surface area contributed by atoms with Crippen molar-refractivity contribution in [2.45, 2.75) is 19.7 Å². The number of rotatable bonds is 2. The molecule has 1 aromatic carbocycles. The van der Waals surface area contributed by atoms with Crippen LogP contribution in [-0.4, -0.2) is 10.8 Å². The Morgan fingerprint density at radius 3 is 2.67 bits per heavy atom. The first kappa shape index (κ1) is 9.90. The third-order valence-electron chi connectivity index (χ3n) is 1.95. The minimum atomic E-state index is -1.69. The van der Waals surface area contributed by atoms with Gasteiger partial charge < -0.3 is 4.74 Å². The maximum Gasteiger partial charge on any atom is 0.243 e. The summed E-state index contributed by atoms with van der Waals surface area (Å²) in [5.41, 5.74) is 0.686. The summed E-state index contributed by atoms with van der Waals surface area (Å²) in [4.78, 5) is 4.17. The molecule has 0 spiro atoms. The standard InChI is InChI=1S/C12H12FNO/c1-12(2,13)15-10-7-3-5-9-6-4-8-14-11(9)10/h3-8H,1-2H3. The van der Waals surface area contributed by atoms with Gasteiger partial charge in [0, 0.05) is 25.4 Å². The topological polar surface area (TPSA) is 22.1 Å². The molecule has 0 atom stereocenters. The van der Waals surface area contributed by atoms with Crippen molar-refractivity contribution in [2.75, 3.05) is 0 Å². The van der Waals surface area contributed by atoms with Crippen molar-refractivity contribution in [3.05, 3.63) is 36.5 Å². The molecule has 3 heteroatoms. The maximum absolute atomic E-state index is 13.4. The van der Waals surface area contributed by atoms with E-state index < -0.39 is 5.85 Å². The minimum Gasteiger partial charge on any atom is -0.456 e. The number of benzene rings is 1. The van der Waals surface area contributed by atoms with Gasteiger partial charge in [-0.25, -0.2) is 0 Å². The summed E-state index contributed by atoms with van der Waals surface area (Å²) >= 11 is 0. The van der Waals surface area contributed by atoms with E-state index in [-0.39, 0.29) is 0 Å². The van der Waals surface area contributed by atoms with Gasteiger partial charge in [0.05, 0.1) is 0 Å². The van der Waals surface area contributed by atoms with E-state index >= 15 is 0 Å². The molecule has 0 aliphatic rings. The van der Waals surface area contributed by atoms with Crippen molar-refractivity contribution in [3.8, 4) is 5.75 Å². The molecule has 2 aromatic rings. The van der Waals surface area contributed by atoms with Crippen LogP contribution in [0.15, 0.2) is 36.5 Å². The number of halogens is 1. The van der Waals surface area contributed by atoms with Gasteiger partial charge in [-0.15, -0.1) is 0 Å². The van der Waals surface area contributed by atoms with Crippen LogP contribution in [-0.2, 0) is 0 Å². The first-order valence-corrected chi connectivity index (χ1v) is 4.78. The lowest BCUT2D eigenvalue weighted by molar-refractivity contribution is -0.0245. The fourth-order valence-electron chi connectivity index (χ4n) is 1.42. The number of para-hydroxylation sites is 1. The van der Waals surface area contributed by atoms with Gasteiger partial charge in [-0.2, -0.15) is 4.39 Å². The van der Waals surface area contributed by atoms with E-state index in [1.807, 2.05) is 24.3 Å². The van der Waals surface area contributed by atoms with E-state index in [1.165, 1.54) is 13.8 Å². The van der Waals surface area contributed by atoms with Crippen molar-refractivity contribution in [2.24, 2.45) is 0 Å². The number of hydrogen-bond donors (Lipinski definition) is 0. The molecule has 15 heavy (non-hydrogen) atoms. The van der Waals surface area contributed by atoms with Crippen molar-refractivity contribution in [1.82, 2.24) is 4.98 Å². The molecular formula is C12H12FNO. The largest absolute Gasteiger partial charge is 0.456 e. The Balaban J connectivity index is 2.52. The molecule has 0 amide bonds. The molecule has 0 bridgehead atoms. The molecule has 0 aliphatic heterocycles. The molecule has 78 valence electrons. The number of hydrogen-bond acceptors (Lipinski definition) is 2. The van der Waals surface area contributed by atoms with Crippen LogP contribution in [0.1, 0.15) is 13.8 Å². The summed E-state index contributed by atoms with van der Waals surface area (Å²) < 4.78 is 18.5. The van der Waals surface area contributed by atoms with Crippen molar-refractivity contribution in [3.63, 3.8) is 0 Å². The third kappa shape index (κ3) is 2.24. The van der Waals surface area contributed by atoms with E-state index in [0.29, 0.717) is 11.3 Å². The Kier molecular flexibility index (Phi) is 2.31. The number of ether oxygens (including phenoxy) is 1. The Labute approximate surface area is 87.7 Å². The van der Waals surface area contributed by atoms with Gasteiger partial charge in [-0.05, 0) is 12.1 Å². The zero-order valence-electron chi connectivity index (χ0n) is 8.70. The van der Waals surface area contributed by atoms with Crippen LogP contribution >= 0.6 is 0 Å². The second-order valence-electron chi connectivity index (χ2n) is 3.80. The average molecular weight is 205 g/mol. The number of aromatic nitrogens is 1. The summed E-state index contributed by atoms with van der Waals surface area (Å²) in [7, 11) is 0. The van der Waals surface area contributed by atoms with Crippen LogP contribution < -0.4 is 4.74 Å². The molecule has 0 unspecified atom stereocenters. The molecule has 0 fully saturated rings. The highest BCUT2D eigenvalue weighted by Gasteiger charge is 2.18. The smallest absolute Gasteiger partial charge is 0.243 e. The SMILES string of the molecule is CC(C)(F)Oc1cccc2cccnc12. The van der Waals surface area contributed by atoms with Crippen molar-refractivity contribution < 1.29 is 9.13 Å². The lowest BCUT2D eigenvalue weighted by atomic mass is 10.2. The molecule has 0 saturated carbocycles. The summed E-state index contributed by atoms with van der Waals surface area (Å²) in [5.74, 6) is -1.22. The predicted octanol–water partition coefficient (Wildman–Crippen LogP) is 3.32. The Morgan fingerprint density at radius 2 is 1.93 bits per heavy atom. The van der Waals surface area contributed by atoms with E-state index in [9.17, 15) is 4.39 Å². The molecule has 2 nitrogen and oxygen atoms in total. The second kappa shape index (κ2) is 3.50. The summed E-state index contributed by atoms with van der Waals surface area (Å²) in [6.07, 6.45) is 1.67. The van der Waals surface area contributed by atoms with E-state index in [4.69, 9.17) is 4.74 Å². The molecule has 1 aromatic heterocycles. The highest BCUT2D eigenvalue weighted by Crippen LogP contribution is 2.26. The quantitative estimate of drug-likeness (QED) is 0.750. The van der Waals surface area contributed by atoms with Gasteiger partial charge in [0.2, 0.25) is 5.85 Å². The second-order valence-corrected chi connectivity index (χ2v) is 3.80. The summed E-state index contributed by atoms with van der Waals surface area (Å²) in [6.45, 7) is 2.74. The zero-order chi connectivity index (χ0) is 10.9. The number of alkyl halides is 1. The highest BCUT2D eigenvalue weighted by molar-refractivity contribution is 5.84.